The molecule has 0 aliphatic carbocycles. The van der Waals surface area contributed by atoms with Gasteiger partial charge >= 0.3 is 6.03 Å². The number of rotatable bonds is 4. The molecule has 3 aromatic heterocycles. The molecule has 23 heavy (non-hydrogen) atoms. The lowest BCUT2D eigenvalue weighted by atomic mass is 10.3. The molecule has 118 valence electrons. The van der Waals surface area contributed by atoms with Crippen molar-refractivity contribution in [2.45, 2.75) is 13.5 Å². The fourth-order valence-electron chi connectivity index (χ4n) is 1.80. The highest BCUT2D eigenvalue weighted by Gasteiger charge is 2.15. The van der Waals surface area contributed by atoms with Crippen LogP contribution in [0.25, 0.3) is 11.4 Å². The Labute approximate surface area is 136 Å². The molecule has 3 aromatic rings. The van der Waals surface area contributed by atoms with Crippen molar-refractivity contribution in [3.8, 4) is 11.4 Å². The first-order valence-corrected chi connectivity index (χ1v) is 7.67. The lowest BCUT2D eigenvalue weighted by Crippen LogP contribution is -2.30. The maximum absolute atomic E-state index is 12.1. The van der Waals surface area contributed by atoms with Crippen LogP contribution in [0.2, 0.25) is 0 Å². The topological polar surface area (TPSA) is 97.0 Å². The number of carbonyl (C=O) groups excluding carboxylic acids is 1. The maximum atomic E-state index is 12.1. The van der Waals surface area contributed by atoms with E-state index in [-0.39, 0.29) is 12.6 Å². The molecule has 0 spiro atoms. The van der Waals surface area contributed by atoms with Gasteiger partial charge in [0.25, 0.3) is 0 Å². The first-order valence-electron chi connectivity index (χ1n) is 6.79. The Bertz CT molecular complexity index is 800. The molecular formula is C14H14N6O2S. The van der Waals surface area contributed by atoms with Gasteiger partial charge < -0.3 is 9.42 Å². The molecule has 2 amide bonds. The molecule has 0 aliphatic rings. The van der Waals surface area contributed by atoms with Gasteiger partial charge in [0.15, 0.2) is 5.13 Å². The van der Waals surface area contributed by atoms with Crippen LogP contribution in [0.15, 0.2) is 34.4 Å². The zero-order chi connectivity index (χ0) is 16.2. The molecule has 0 unspecified atom stereocenters. The number of hydrogen-bond donors (Lipinski definition) is 1. The summed E-state index contributed by atoms with van der Waals surface area (Å²) in [5.74, 6) is 0.786. The van der Waals surface area contributed by atoms with E-state index in [0.717, 1.165) is 11.3 Å². The summed E-state index contributed by atoms with van der Waals surface area (Å²) in [7, 11) is 1.64. The van der Waals surface area contributed by atoms with E-state index in [2.05, 4.69) is 25.4 Å². The Morgan fingerprint density at radius 2 is 2.30 bits per heavy atom. The van der Waals surface area contributed by atoms with E-state index in [0.29, 0.717) is 16.8 Å². The predicted molar refractivity (Wildman–Crippen MR) is 84.9 cm³/mol. The third kappa shape index (κ3) is 3.69. The highest BCUT2D eigenvalue weighted by atomic mass is 32.1. The molecule has 0 saturated heterocycles. The number of amides is 2. The second-order valence-corrected chi connectivity index (χ2v) is 5.69. The molecule has 0 saturated carbocycles. The molecule has 3 rings (SSSR count). The molecule has 0 radical (unpaired) electrons. The van der Waals surface area contributed by atoms with Gasteiger partial charge in [-0.15, -0.1) is 11.3 Å². The quantitative estimate of drug-likeness (QED) is 0.789. The van der Waals surface area contributed by atoms with Gasteiger partial charge in [-0.25, -0.2) is 9.78 Å². The Morgan fingerprint density at radius 1 is 1.43 bits per heavy atom. The Balaban J connectivity index is 1.62. The molecule has 9 heteroatoms. The van der Waals surface area contributed by atoms with Crippen LogP contribution >= 0.6 is 11.3 Å². The summed E-state index contributed by atoms with van der Waals surface area (Å²) in [5, 5.41) is 9.03. The average molecular weight is 330 g/mol. The van der Waals surface area contributed by atoms with E-state index >= 15 is 0 Å². The van der Waals surface area contributed by atoms with Crippen LogP contribution in [0.3, 0.4) is 0 Å². The summed E-state index contributed by atoms with van der Waals surface area (Å²) in [5.41, 5.74) is 1.62. The minimum Gasteiger partial charge on any atom is -0.337 e. The second kappa shape index (κ2) is 6.53. The normalized spacial score (nSPS) is 10.5. The minimum atomic E-state index is -0.291. The van der Waals surface area contributed by atoms with Crippen LogP contribution < -0.4 is 5.32 Å². The Morgan fingerprint density at radius 3 is 3.00 bits per heavy atom. The van der Waals surface area contributed by atoms with Gasteiger partial charge in [0.1, 0.15) is 6.54 Å². The second-order valence-electron chi connectivity index (χ2n) is 4.83. The molecule has 3 heterocycles. The monoisotopic (exact) mass is 330 g/mol. The first-order chi connectivity index (χ1) is 11.1. The number of urea groups is 1. The lowest BCUT2D eigenvalue weighted by Gasteiger charge is -2.14. The summed E-state index contributed by atoms with van der Waals surface area (Å²) in [6, 6.07) is 3.34. The Hall–Kier alpha value is -2.81. The number of aromatic nitrogens is 4. The van der Waals surface area contributed by atoms with Crippen molar-refractivity contribution < 1.29 is 9.32 Å². The van der Waals surface area contributed by atoms with Crippen molar-refractivity contribution in [2.24, 2.45) is 0 Å². The lowest BCUT2D eigenvalue weighted by molar-refractivity contribution is 0.213. The summed E-state index contributed by atoms with van der Waals surface area (Å²) in [6.45, 7) is 2.07. The molecule has 0 bridgehead atoms. The van der Waals surface area contributed by atoms with Crippen molar-refractivity contribution in [3.63, 3.8) is 0 Å². The standard InChI is InChI=1S/C14H14N6O2S/c1-9-8-23-13(16-9)18-14(21)20(2)7-11-17-12(19-22-11)10-4-3-5-15-6-10/h3-6,8H,7H2,1-2H3,(H,16,18,21). The van der Waals surface area contributed by atoms with Gasteiger partial charge in [0.2, 0.25) is 11.7 Å². The number of carbonyl (C=O) groups is 1. The van der Waals surface area contributed by atoms with Crippen molar-refractivity contribution in [1.82, 2.24) is 25.0 Å². The summed E-state index contributed by atoms with van der Waals surface area (Å²) >= 11 is 1.37. The number of nitrogens with zero attached hydrogens (tertiary/aromatic N) is 5. The number of pyridine rings is 1. The number of thiazole rings is 1. The van der Waals surface area contributed by atoms with Gasteiger partial charge in [-0.2, -0.15) is 4.98 Å². The van der Waals surface area contributed by atoms with Gasteiger partial charge in [-0.05, 0) is 19.1 Å². The molecule has 0 aliphatic heterocycles. The van der Waals surface area contributed by atoms with E-state index in [1.54, 1.807) is 25.5 Å². The van der Waals surface area contributed by atoms with Crippen LogP contribution in [0, 0.1) is 6.92 Å². The van der Waals surface area contributed by atoms with Gasteiger partial charge in [-0.3, -0.25) is 10.3 Å². The number of hydrogen-bond acceptors (Lipinski definition) is 7. The highest BCUT2D eigenvalue weighted by Crippen LogP contribution is 2.16. The van der Waals surface area contributed by atoms with Crippen molar-refractivity contribution >= 4 is 22.5 Å². The van der Waals surface area contributed by atoms with E-state index in [1.807, 2.05) is 18.4 Å². The fourth-order valence-corrected chi connectivity index (χ4v) is 2.48. The van der Waals surface area contributed by atoms with Crippen LogP contribution in [0.4, 0.5) is 9.93 Å². The van der Waals surface area contributed by atoms with E-state index in [4.69, 9.17) is 4.52 Å². The predicted octanol–water partition coefficient (Wildman–Crippen LogP) is 2.56. The number of aryl methyl sites for hydroxylation is 1. The molecule has 0 fully saturated rings. The van der Waals surface area contributed by atoms with Gasteiger partial charge in [-0.1, -0.05) is 5.16 Å². The molecule has 1 N–H and O–H groups in total. The van der Waals surface area contributed by atoms with Crippen LogP contribution in [-0.2, 0) is 6.54 Å². The summed E-state index contributed by atoms with van der Waals surface area (Å²) < 4.78 is 5.17. The molecular weight excluding hydrogens is 316 g/mol. The van der Waals surface area contributed by atoms with E-state index in [9.17, 15) is 4.79 Å². The summed E-state index contributed by atoms with van der Waals surface area (Å²) in [6.07, 6.45) is 3.32. The zero-order valence-corrected chi connectivity index (χ0v) is 13.4. The van der Waals surface area contributed by atoms with Gasteiger partial charge in [0, 0.05) is 30.4 Å². The molecule has 8 nitrogen and oxygen atoms in total. The van der Waals surface area contributed by atoms with Crippen LogP contribution in [0.1, 0.15) is 11.6 Å². The SMILES string of the molecule is Cc1csc(NC(=O)N(C)Cc2nc(-c3cccnc3)no2)n1. The van der Waals surface area contributed by atoms with Crippen LogP contribution in [-0.4, -0.2) is 38.1 Å². The molecule has 0 aromatic carbocycles. The zero-order valence-electron chi connectivity index (χ0n) is 12.6. The Kier molecular flexibility index (Phi) is 4.29. The van der Waals surface area contributed by atoms with Gasteiger partial charge in [0.05, 0.1) is 5.69 Å². The van der Waals surface area contributed by atoms with Crippen molar-refractivity contribution in [1.29, 1.82) is 0 Å². The molecule has 0 atom stereocenters. The minimum absolute atomic E-state index is 0.198. The van der Waals surface area contributed by atoms with Crippen molar-refractivity contribution in [2.75, 3.05) is 12.4 Å². The average Bonchev–Trinajstić information content (AvgIpc) is 3.17. The summed E-state index contributed by atoms with van der Waals surface area (Å²) in [4.78, 5) is 26.0. The maximum Gasteiger partial charge on any atom is 0.323 e. The van der Waals surface area contributed by atoms with Crippen LogP contribution in [0.5, 0.6) is 0 Å². The smallest absolute Gasteiger partial charge is 0.323 e. The van der Waals surface area contributed by atoms with E-state index < -0.39 is 0 Å². The number of anilines is 1. The van der Waals surface area contributed by atoms with E-state index in [1.165, 1.54) is 16.2 Å². The highest BCUT2D eigenvalue weighted by molar-refractivity contribution is 7.13. The fraction of sp³-hybridized carbons (Fsp3) is 0.214. The third-order valence-electron chi connectivity index (χ3n) is 2.94. The largest absolute Gasteiger partial charge is 0.337 e. The first kappa shape index (κ1) is 15.1. The third-order valence-corrected chi connectivity index (χ3v) is 3.82. The number of nitrogens with one attached hydrogen (secondary N) is 1. The van der Waals surface area contributed by atoms with Crippen molar-refractivity contribution in [3.05, 3.63) is 41.5 Å².